The summed E-state index contributed by atoms with van der Waals surface area (Å²) in [5, 5.41) is 8.89. The maximum Gasteiger partial charge on any atom is 0.308 e. The molecule has 27 heavy (non-hydrogen) atoms. The summed E-state index contributed by atoms with van der Waals surface area (Å²) in [5.41, 5.74) is 3.61. The lowest BCUT2D eigenvalue weighted by atomic mass is 10.1. The predicted molar refractivity (Wildman–Crippen MR) is 106 cm³/mol. The van der Waals surface area contributed by atoms with Gasteiger partial charge in [0.2, 0.25) is 0 Å². The average molecular weight is 386 g/mol. The summed E-state index contributed by atoms with van der Waals surface area (Å²) >= 11 is 1.10. The Kier molecular flexibility index (Phi) is 5.60. The molecular formula is C20H22N2O4S. The minimum Gasteiger partial charge on any atom is -0.484 e. The van der Waals surface area contributed by atoms with Crippen LogP contribution in [0, 0.1) is 13.8 Å². The Balaban J connectivity index is 1.93. The van der Waals surface area contributed by atoms with Gasteiger partial charge in [0.15, 0.2) is 0 Å². The van der Waals surface area contributed by atoms with Crippen molar-refractivity contribution < 1.29 is 14.6 Å². The molecule has 2 aromatic heterocycles. The van der Waals surface area contributed by atoms with Gasteiger partial charge in [0.1, 0.15) is 11.9 Å². The molecule has 0 aliphatic rings. The van der Waals surface area contributed by atoms with Gasteiger partial charge in [-0.05, 0) is 49.6 Å². The molecule has 3 aromatic rings. The third-order valence-electron chi connectivity index (χ3n) is 4.42. The van der Waals surface area contributed by atoms with E-state index in [1.807, 2.05) is 51.2 Å². The van der Waals surface area contributed by atoms with Crippen LogP contribution in [-0.4, -0.2) is 20.6 Å². The fraction of sp³-hybridized carbons (Fsp3) is 0.350. The highest BCUT2D eigenvalue weighted by atomic mass is 32.1. The van der Waals surface area contributed by atoms with Crippen molar-refractivity contribution in [2.75, 3.05) is 0 Å². The lowest BCUT2D eigenvalue weighted by Crippen LogP contribution is -2.15. The second-order valence-corrected chi connectivity index (χ2v) is 7.52. The van der Waals surface area contributed by atoms with Gasteiger partial charge in [0.25, 0.3) is 0 Å². The maximum atomic E-state index is 12.2. The summed E-state index contributed by atoms with van der Waals surface area (Å²) in [5.74, 6) is -0.210. The number of thiazole rings is 1. The minimum atomic E-state index is -0.922. The molecule has 0 aliphatic heterocycles. The fourth-order valence-corrected chi connectivity index (χ4v) is 3.84. The van der Waals surface area contributed by atoms with Crippen molar-refractivity contribution in [2.45, 2.75) is 46.3 Å². The van der Waals surface area contributed by atoms with Crippen molar-refractivity contribution in [3.05, 3.63) is 57.0 Å². The molecule has 1 aromatic carbocycles. The molecule has 0 aliphatic carbocycles. The number of hydrogen-bond donors (Lipinski definition) is 1. The van der Waals surface area contributed by atoms with Gasteiger partial charge in [-0.1, -0.05) is 24.3 Å². The summed E-state index contributed by atoms with van der Waals surface area (Å²) in [6.45, 7) is 6.13. The molecule has 0 amide bonds. The molecule has 2 heterocycles. The maximum absolute atomic E-state index is 12.2. The van der Waals surface area contributed by atoms with Crippen LogP contribution in [0.25, 0.3) is 10.2 Å². The van der Waals surface area contributed by atoms with Crippen LogP contribution in [0.1, 0.15) is 42.7 Å². The number of pyridine rings is 1. The van der Waals surface area contributed by atoms with E-state index in [0.717, 1.165) is 44.8 Å². The summed E-state index contributed by atoms with van der Waals surface area (Å²) in [4.78, 5) is 27.4. The summed E-state index contributed by atoms with van der Waals surface area (Å²) in [6, 6.07) is 7.74. The molecule has 1 N–H and O–H groups in total. The molecule has 6 nitrogen and oxygen atoms in total. The van der Waals surface area contributed by atoms with Crippen molar-refractivity contribution in [3.8, 4) is 5.75 Å². The SMILES string of the molecule is CC[C@@H](Oc1cc2sc(=O)n(CCC(=O)O)c2cc1C)c1ccc(C)cn1. The normalized spacial score (nSPS) is 12.3. The van der Waals surface area contributed by atoms with Crippen molar-refractivity contribution in [2.24, 2.45) is 0 Å². The third-order valence-corrected chi connectivity index (χ3v) is 5.36. The number of aromatic nitrogens is 2. The summed E-state index contributed by atoms with van der Waals surface area (Å²) in [6.07, 6.45) is 2.34. The highest BCUT2D eigenvalue weighted by molar-refractivity contribution is 7.16. The van der Waals surface area contributed by atoms with Crippen molar-refractivity contribution in [3.63, 3.8) is 0 Å². The number of nitrogens with zero attached hydrogens (tertiary/aromatic N) is 2. The van der Waals surface area contributed by atoms with Gasteiger partial charge in [-0.25, -0.2) is 0 Å². The first-order valence-corrected chi connectivity index (χ1v) is 9.65. The van der Waals surface area contributed by atoms with Crippen molar-refractivity contribution in [1.82, 2.24) is 9.55 Å². The second kappa shape index (κ2) is 7.92. The van der Waals surface area contributed by atoms with E-state index in [1.165, 1.54) is 4.57 Å². The van der Waals surface area contributed by atoms with Gasteiger partial charge in [-0.2, -0.15) is 0 Å². The molecule has 0 fully saturated rings. The smallest absolute Gasteiger partial charge is 0.308 e. The molecule has 7 heteroatoms. The van der Waals surface area contributed by atoms with E-state index >= 15 is 0 Å². The van der Waals surface area contributed by atoms with E-state index in [2.05, 4.69) is 4.98 Å². The number of ether oxygens (including phenoxy) is 1. The largest absolute Gasteiger partial charge is 0.484 e. The number of carboxylic acids is 1. The topological polar surface area (TPSA) is 81.4 Å². The summed E-state index contributed by atoms with van der Waals surface area (Å²) in [7, 11) is 0. The zero-order valence-electron chi connectivity index (χ0n) is 15.6. The van der Waals surface area contributed by atoms with Crippen LogP contribution < -0.4 is 9.61 Å². The van der Waals surface area contributed by atoms with Gasteiger partial charge in [-0.3, -0.25) is 19.1 Å². The zero-order chi connectivity index (χ0) is 19.6. The van der Waals surface area contributed by atoms with E-state index < -0.39 is 5.97 Å². The van der Waals surface area contributed by atoms with Crippen molar-refractivity contribution >= 4 is 27.5 Å². The molecule has 0 unspecified atom stereocenters. The Bertz CT molecular complexity index is 1020. The molecule has 1 atom stereocenters. The number of aliphatic carboxylic acids is 1. The lowest BCUT2D eigenvalue weighted by Gasteiger charge is -2.19. The first-order chi connectivity index (χ1) is 12.9. The van der Waals surface area contributed by atoms with Crippen LogP contribution in [-0.2, 0) is 11.3 Å². The Hall–Kier alpha value is -2.67. The Morgan fingerprint density at radius 3 is 2.74 bits per heavy atom. The number of carbonyl (C=O) groups is 1. The molecular weight excluding hydrogens is 364 g/mol. The van der Waals surface area contributed by atoms with E-state index in [-0.39, 0.29) is 23.9 Å². The fourth-order valence-electron chi connectivity index (χ4n) is 2.92. The number of benzene rings is 1. The Morgan fingerprint density at radius 1 is 1.33 bits per heavy atom. The van der Waals surface area contributed by atoms with Crippen LogP contribution in [0.4, 0.5) is 0 Å². The van der Waals surface area contributed by atoms with Crippen LogP contribution in [0.5, 0.6) is 5.75 Å². The molecule has 0 radical (unpaired) electrons. The van der Waals surface area contributed by atoms with Gasteiger partial charge in [-0.15, -0.1) is 0 Å². The number of carboxylic acid groups (broad SMARTS) is 1. The van der Waals surface area contributed by atoms with E-state index in [0.29, 0.717) is 5.75 Å². The van der Waals surface area contributed by atoms with Crippen LogP contribution in [0.3, 0.4) is 0 Å². The lowest BCUT2D eigenvalue weighted by molar-refractivity contribution is -0.137. The van der Waals surface area contributed by atoms with Gasteiger partial charge < -0.3 is 9.84 Å². The number of hydrogen-bond acceptors (Lipinski definition) is 5. The first-order valence-electron chi connectivity index (χ1n) is 8.84. The summed E-state index contributed by atoms with van der Waals surface area (Å²) < 4.78 is 8.52. The van der Waals surface area contributed by atoms with Gasteiger partial charge in [0, 0.05) is 12.7 Å². The minimum absolute atomic E-state index is 0.0833. The molecule has 0 spiro atoms. The second-order valence-electron chi connectivity index (χ2n) is 6.52. The average Bonchev–Trinajstić information content (AvgIpc) is 2.93. The highest BCUT2D eigenvalue weighted by Crippen LogP contribution is 2.31. The first kappa shape index (κ1) is 19.1. The zero-order valence-corrected chi connectivity index (χ0v) is 16.4. The number of fused-ring (bicyclic) bond motifs is 1. The van der Waals surface area contributed by atoms with Crippen LogP contribution in [0.15, 0.2) is 35.3 Å². The number of aryl methyl sites for hydroxylation is 3. The highest BCUT2D eigenvalue weighted by Gasteiger charge is 2.17. The number of rotatable bonds is 7. The van der Waals surface area contributed by atoms with Crippen LogP contribution >= 0.6 is 11.3 Å². The van der Waals surface area contributed by atoms with Crippen molar-refractivity contribution in [1.29, 1.82) is 0 Å². The van der Waals surface area contributed by atoms with E-state index in [4.69, 9.17) is 9.84 Å². The quantitative estimate of drug-likeness (QED) is 0.662. The molecule has 0 saturated carbocycles. The van der Waals surface area contributed by atoms with Gasteiger partial charge in [0.05, 0.1) is 22.3 Å². The van der Waals surface area contributed by atoms with Crippen LogP contribution in [0.2, 0.25) is 0 Å². The monoisotopic (exact) mass is 386 g/mol. The molecule has 0 saturated heterocycles. The molecule has 3 rings (SSSR count). The third kappa shape index (κ3) is 4.19. The van der Waals surface area contributed by atoms with E-state index in [9.17, 15) is 9.59 Å². The van der Waals surface area contributed by atoms with E-state index in [1.54, 1.807) is 0 Å². The Morgan fingerprint density at radius 2 is 2.11 bits per heavy atom. The van der Waals surface area contributed by atoms with Gasteiger partial charge >= 0.3 is 10.8 Å². The standard InChI is InChI=1S/C20H22N2O4S/c1-4-16(14-6-5-12(2)11-21-14)26-17-10-18-15(9-13(17)3)22(20(25)27-18)8-7-19(23)24/h5-6,9-11,16H,4,7-8H2,1-3H3,(H,23,24)/t16-/m1/s1. The molecule has 142 valence electrons. The predicted octanol–water partition coefficient (Wildman–Crippen LogP) is 4.08. The Labute approximate surface area is 161 Å². The molecule has 0 bridgehead atoms.